The highest BCUT2D eigenvalue weighted by molar-refractivity contribution is 7.16. The summed E-state index contributed by atoms with van der Waals surface area (Å²) in [6.07, 6.45) is 3.47. The number of hydrogen-bond acceptors (Lipinski definition) is 6. The van der Waals surface area contributed by atoms with Crippen molar-refractivity contribution in [1.82, 2.24) is 14.6 Å². The lowest BCUT2D eigenvalue weighted by molar-refractivity contribution is 0.798. The molecule has 0 bridgehead atoms. The molecule has 1 aliphatic heterocycles. The number of para-hydroxylation sites is 1. The van der Waals surface area contributed by atoms with Gasteiger partial charge in [-0.05, 0) is 12.1 Å². The number of aliphatic imine (C=N–C) groups is 1. The van der Waals surface area contributed by atoms with Crippen molar-refractivity contribution in [2.45, 2.75) is 19.8 Å². The van der Waals surface area contributed by atoms with Gasteiger partial charge < -0.3 is 5.73 Å². The number of aromatic nitrogens is 3. The summed E-state index contributed by atoms with van der Waals surface area (Å²) < 4.78 is 1.55. The number of benzene rings is 1. The number of fused-ring (bicyclic) bond motifs is 2. The quantitative estimate of drug-likeness (QED) is 0.778. The minimum atomic E-state index is -0.350. The Morgan fingerprint density at radius 3 is 2.88 bits per heavy atom. The van der Waals surface area contributed by atoms with Gasteiger partial charge in [0.25, 0.3) is 5.56 Å². The highest BCUT2D eigenvalue weighted by atomic mass is 32.1. The standard InChI is InChI=1S/C17H15N5OS/c1-9(2)16-21-22-14(18)12(15(23)20-17(22)24-16)7-10-8-19-13-6-4-3-5-11(10)13/h3-9H,18H2,1-2H3. The van der Waals surface area contributed by atoms with Crippen LogP contribution in [0.2, 0.25) is 0 Å². The highest BCUT2D eigenvalue weighted by Crippen LogP contribution is 2.32. The van der Waals surface area contributed by atoms with Crippen LogP contribution in [0.3, 0.4) is 0 Å². The van der Waals surface area contributed by atoms with E-state index in [0.717, 1.165) is 21.8 Å². The maximum absolute atomic E-state index is 12.4. The van der Waals surface area contributed by atoms with Crippen LogP contribution in [0.1, 0.15) is 35.9 Å². The molecule has 3 aromatic rings. The Kier molecular flexibility index (Phi) is 3.31. The van der Waals surface area contributed by atoms with Crippen molar-refractivity contribution < 1.29 is 0 Å². The summed E-state index contributed by atoms with van der Waals surface area (Å²) in [5.41, 5.74) is 8.90. The molecule has 7 heteroatoms. The molecule has 4 rings (SSSR count). The van der Waals surface area contributed by atoms with Crippen LogP contribution >= 0.6 is 11.3 Å². The first kappa shape index (κ1) is 14.8. The summed E-state index contributed by atoms with van der Waals surface area (Å²) in [5, 5.41) is 5.37. The average Bonchev–Trinajstić information content (AvgIpc) is 3.16. The summed E-state index contributed by atoms with van der Waals surface area (Å²) in [6.45, 7) is 4.09. The molecule has 0 fully saturated rings. The van der Waals surface area contributed by atoms with Gasteiger partial charge in [0.1, 0.15) is 10.8 Å². The summed E-state index contributed by atoms with van der Waals surface area (Å²) >= 11 is 1.39. The van der Waals surface area contributed by atoms with Gasteiger partial charge in [0, 0.05) is 23.3 Å². The molecule has 2 aromatic heterocycles. The van der Waals surface area contributed by atoms with Crippen molar-refractivity contribution in [2.24, 2.45) is 4.99 Å². The SMILES string of the molecule is CC(C)c1nn2c(N)c(C=C3C=Nc4ccccc43)c(=O)nc2s1. The Morgan fingerprint density at radius 1 is 1.29 bits per heavy atom. The van der Waals surface area contributed by atoms with Gasteiger partial charge in [-0.2, -0.15) is 14.6 Å². The van der Waals surface area contributed by atoms with Gasteiger partial charge in [0.15, 0.2) is 0 Å². The second-order valence-corrected chi connectivity index (χ2v) is 6.87. The zero-order valence-corrected chi connectivity index (χ0v) is 14.0. The van der Waals surface area contributed by atoms with E-state index in [9.17, 15) is 4.79 Å². The van der Waals surface area contributed by atoms with Crippen molar-refractivity contribution in [3.8, 4) is 0 Å². The molecule has 24 heavy (non-hydrogen) atoms. The molecule has 120 valence electrons. The van der Waals surface area contributed by atoms with E-state index in [2.05, 4.69) is 15.1 Å². The zero-order valence-electron chi connectivity index (χ0n) is 13.2. The molecule has 0 spiro atoms. The minimum Gasteiger partial charge on any atom is -0.383 e. The summed E-state index contributed by atoms with van der Waals surface area (Å²) in [5.74, 6) is 0.556. The number of nitrogens with two attached hydrogens (primary N) is 1. The van der Waals surface area contributed by atoms with Crippen LogP contribution in [-0.2, 0) is 0 Å². The number of allylic oxidation sites excluding steroid dienone is 1. The van der Waals surface area contributed by atoms with Crippen LogP contribution in [0, 0.1) is 0 Å². The molecular formula is C17H15N5OS. The first-order valence-corrected chi connectivity index (χ1v) is 8.40. The lowest BCUT2D eigenvalue weighted by Crippen LogP contribution is -2.16. The maximum Gasteiger partial charge on any atom is 0.283 e. The van der Waals surface area contributed by atoms with Gasteiger partial charge in [-0.25, -0.2) is 0 Å². The Labute approximate surface area is 142 Å². The minimum absolute atomic E-state index is 0.252. The van der Waals surface area contributed by atoms with Gasteiger partial charge >= 0.3 is 0 Å². The van der Waals surface area contributed by atoms with Gasteiger partial charge in [0.2, 0.25) is 4.96 Å². The largest absolute Gasteiger partial charge is 0.383 e. The number of hydrogen-bond donors (Lipinski definition) is 1. The van der Waals surface area contributed by atoms with Gasteiger partial charge in [-0.3, -0.25) is 9.79 Å². The number of anilines is 1. The van der Waals surface area contributed by atoms with Crippen molar-refractivity contribution in [2.75, 3.05) is 5.73 Å². The van der Waals surface area contributed by atoms with E-state index in [1.54, 1.807) is 16.8 Å². The van der Waals surface area contributed by atoms with Gasteiger partial charge in [-0.1, -0.05) is 43.4 Å². The van der Waals surface area contributed by atoms with Crippen molar-refractivity contribution in [3.63, 3.8) is 0 Å². The Bertz CT molecular complexity index is 1070. The van der Waals surface area contributed by atoms with E-state index in [1.807, 2.05) is 38.1 Å². The third-order valence-electron chi connectivity index (χ3n) is 3.86. The molecule has 1 aliphatic rings. The topological polar surface area (TPSA) is 85.6 Å². The predicted octanol–water partition coefficient (Wildman–Crippen LogP) is 3.11. The first-order valence-electron chi connectivity index (χ1n) is 7.59. The Hall–Kier alpha value is -2.80. The fraction of sp³-hybridized carbons (Fsp3) is 0.176. The molecule has 0 unspecified atom stereocenters. The lowest BCUT2D eigenvalue weighted by Gasteiger charge is -2.03. The molecule has 0 atom stereocenters. The maximum atomic E-state index is 12.4. The molecule has 3 heterocycles. The van der Waals surface area contributed by atoms with Crippen LogP contribution in [-0.4, -0.2) is 20.8 Å². The predicted molar refractivity (Wildman–Crippen MR) is 98.1 cm³/mol. The van der Waals surface area contributed by atoms with Crippen LogP contribution < -0.4 is 11.3 Å². The van der Waals surface area contributed by atoms with Crippen LogP contribution in [0.4, 0.5) is 11.5 Å². The van der Waals surface area contributed by atoms with Gasteiger partial charge in [0.05, 0.1) is 11.3 Å². The monoisotopic (exact) mass is 337 g/mol. The van der Waals surface area contributed by atoms with E-state index >= 15 is 0 Å². The third kappa shape index (κ3) is 2.25. The molecule has 2 N–H and O–H groups in total. The molecule has 1 aromatic carbocycles. The third-order valence-corrected chi connectivity index (χ3v) is 5.07. The smallest absolute Gasteiger partial charge is 0.283 e. The highest BCUT2D eigenvalue weighted by Gasteiger charge is 2.17. The number of nitrogens with zero attached hydrogens (tertiary/aromatic N) is 4. The number of rotatable bonds is 2. The molecule has 6 nitrogen and oxygen atoms in total. The van der Waals surface area contributed by atoms with Gasteiger partial charge in [-0.15, -0.1) is 0 Å². The summed E-state index contributed by atoms with van der Waals surface area (Å²) in [6, 6.07) is 7.76. The van der Waals surface area contributed by atoms with E-state index in [-0.39, 0.29) is 11.5 Å². The van der Waals surface area contributed by atoms with Crippen LogP contribution in [0.25, 0.3) is 16.6 Å². The Balaban J connectivity index is 1.91. The molecule has 0 amide bonds. The first-order chi connectivity index (χ1) is 11.5. The van der Waals surface area contributed by atoms with Crippen molar-refractivity contribution >= 4 is 45.7 Å². The van der Waals surface area contributed by atoms with Crippen molar-refractivity contribution in [3.05, 3.63) is 50.8 Å². The molecule has 0 saturated carbocycles. The second-order valence-electron chi connectivity index (χ2n) is 5.88. The fourth-order valence-electron chi connectivity index (χ4n) is 2.57. The zero-order chi connectivity index (χ0) is 16.8. The van der Waals surface area contributed by atoms with E-state index in [4.69, 9.17) is 5.73 Å². The summed E-state index contributed by atoms with van der Waals surface area (Å²) in [4.78, 5) is 21.4. The molecule has 0 saturated heterocycles. The van der Waals surface area contributed by atoms with E-state index in [0.29, 0.717) is 16.3 Å². The number of nitrogen functional groups attached to an aromatic ring is 1. The molecule has 0 radical (unpaired) electrons. The molecule has 0 aliphatic carbocycles. The lowest BCUT2D eigenvalue weighted by atomic mass is 10.1. The molecular weight excluding hydrogens is 322 g/mol. The van der Waals surface area contributed by atoms with E-state index in [1.165, 1.54) is 11.3 Å². The van der Waals surface area contributed by atoms with Crippen molar-refractivity contribution in [1.29, 1.82) is 0 Å². The van der Waals surface area contributed by atoms with Crippen LogP contribution in [0.5, 0.6) is 0 Å². The average molecular weight is 337 g/mol. The Morgan fingerprint density at radius 2 is 2.08 bits per heavy atom. The summed E-state index contributed by atoms with van der Waals surface area (Å²) in [7, 11) is 0. The van der Waals surface area contributed by atoms with E-state index < -0.39 is 0 Å². The second kappa shape index (κ2) is 5.38. The fourth-order valence-corrected chi connectivity index (χ4v) is 3.47. The normalized spacial score (nSPS) is 14.9. The van der Waals surface area contributed by atoms with Crippen LogP contribution in [0.15, 0.2) is 34.1 Å².